The molecule has 1 amide bonds. The maximum absolute atomic E-state index is 12.4. The number of rotatable bonds is 3. The summed E-state index contributed by atoms with van der Waals surface area (Å²) < 4.78 is 6.07. The van der Waals surface area contributed by atoms with Crippen molar-refractivity contribution in [1.82, 2.24) is 5.32 Å². The van der Waals surface area contributed by atoms with Crippen LogP contribution in [0.2, 0.25) is 0 Å². The maximum Gasteiger partial charge on any atom is 0.229 e. The molecule has 17 heavy (non-hydrogen) atoms. The molecule has 4 heteroatoms. The summed E-state index contributed by atoms with van der Waals surface area (Å²) in [5.74, 6) is 0.0834. The number of ether oxygens (including phenoxy) is 1. The van der Waals surface area contributed by atoms with Gasteiger partial charge in [0.05, 0.1) is 23.2 Å². The Morgan fingerprint density at radius 3 is 2.71 bits per heavy atom. The Labute approximate surface area is 103 Å². The molecule has 4 nitrogen and oxygen atoms in total. The summed E-state index contributed by atoms with van der Waals surface area (Å²) >= 11 is 0. The van der Waals surface area contributed by atoms with Crippen LogP contribution in [0, 0.1) is 5.41 Å². The minimum absolute atomic E-state index is 0.0115. The summed E-state index contributed by atoms with van der Waals surface area (Å²) in [5, 5.41) is 12.5. The van der Waals surface area contributed by atoms with E-state index in [0.717, 1.165) is 19.3 Å². The van der Waals surface area contributed by atoms with Crippen LogP contribution in [0.1, 0.15) is 46.5 Å². The van der Waals surface area contributed by atoms with Gasteiger partial charge in [-0.3, -0.25) is 4.79 Å². The molecule has 1 aliphatic carbocycles. The third kappa shape index (κ3) is 1.69. The van der Waals surface area contributed by atoms with Crippen LogP contribution in [0.5, 0.6) is 0 Å². The average molecular weight is 241 g/mol. The number of hydrogen-bond acceptors (Lipinski definition) is 3. The third-order valence-electron chi connectivity index (χ3n) is 4.54. The van der Waals surface area contributed by atoms with Crippen molar-refractivity contribution in [2.45, 2.75) is 57.7 Å². The van der Waals surface area contributed by atoms with Gasteiger partial charge in [-0.15, -0.1) is 0 Å². The molecule has 1 saturated heterocycles. The Morgan fingerprint density at radius 2 is 2.12 bits per heavy atom. The van der Waals surface area contributed by atoms with Crippen molar-refractivity contribution in [2.24, 2.45) is 5.41 Å². The van der Waals surface area contributed by atoms with Crippen LogP contribution >= 0.6 is 0 Å². The zero-order valence-electron chi connectivity index (χ0n) is 11.0. The zero-order valence-corrected chi connectivity index (χ0v) is 11.0. The van der Waals surface area contributed by atoms with E-state index in [1.165, 1.54) is 0 Å². The van der Waals surface area contributed by atoms with E-state index in [2.05, 4.69) is 5.32 Å². The van der Waals surface area contributed by atoms with Crippen molar-refractivity contribution < 1.29 is 14.6 Å². The van der Waals surface area contributed by atoms with Gasteiger partial charge in [0.1, 0.15) is 0 Å². The van der Waals surface area contributed by atoms with Crippen LogP contribution in [0.4, 0.5) is 0 Å². The standard InChI is InChI=1S/C13H23NO3/c1-4-14-10(16)13-7-5-6-12(8-13,9-15)17-11(13,2)3/h15H,4-9H2,1-3H3,(H,14,16). The molecule has 2 fully saturated rings. The molecular weight excluding hydrogens is 218 g/mol. The molecule has 1 aliphatic heterocycles. The fourth-order valence-corrected chi connectivity index (χ4v) is 3.64. The monoisotopic (exact) mass is 241 g/mol. The van der Waals surface area contributed by atoms with Crippen molar-refractivity contribution in [3.63, 3.8) is 0 Å². The Morgan fingerprint density at radius 1 is 1.41 bits per heavy atom. The zero-order chi connectivity index (χ0) is 12.7. The van der Waals surface area contributed by atoms with Crippen molar-refractivity contribution in [3.05, 3.63) is 0 Å². The minimum Gasteiger partial charge on any atom is -0.393 e. The second-order valence-electron chi connectivity index (χ2n) is 5.93. The molecule has 0 aromatic heterocycles. The van der Waals surface area contributed by atoms with E-state index in [4.69, 9.17) is 4.74 Å². The van der Waals surface area contributed by atoms with Crippen LogP contribution in [-0.4, -0.2) is 35.4 Å². The highest BCUT2D eigenvalue weighted by Crippen LogP contribution is 2.58. The number of fused-ring (bicyclic) bond motifs is 2. The van der Waals surface area contributed by atoms with E-state index in [0.29, 0.717) is 13.0 Å². The summed E-state index contributed by atoms with van der Waals surface area (Å²) in [7, 11) is 0. The highest BCUT2D eigenvalue weighted by molar-refractivity contribution is 5.84. The van der Waals surface area contributed by atoms with Gasteiger partial charge >= 0.3 is 0 Å². The van der Waals surface area contributed by atoms with E-state index in [1.54, 1.807) is 0 Å². The summed E-state index contributed by atoms with van der Waals surface area (Å²) in [6, 6.07) is 0. The van der Waals surface area contributed by atoms with Gasteiger partial charge in [-0.25, -0.2) is 0 Å². The predicted octanol–water partition coefficient (Wildman–Crippen LogP) is 1.22. The molecule has 2 bridgehead atoms. The number of carbonyl (C=O) groups is 1. The lowest BCUT2D eigenvalue weighted by molar-refractivity contribution is -0.144. The number of nitrogens with one attached hydrogen (secondary N) is 1. The van der Waals surface area contributed by atoms with E-state index >= 15 is 0 Å². The average Bonchev–Trinajstić information content (AvgIpc) is 2.44. The lowest BCUT2D eigenvalue weighted by Gasteiger charge is -2.39. The first-order valence-electron chi connectivity index (χ1n) is 6.51. The first kappa shape index (κ1) is 12.8. The first-order chi connectivity index (χ1) is 7.91. The summed E-state index contributed by atoms with van der Waals surface area (Å²) in [6.45, 7) is 6.54. The molecule has 2 N–H and O–H groups in total. The fourth-order valence-electron chi connectivity index (χ4n) is 3.64. The predicted molar refractivity (Wildman–Crippen MR) is 64.6 cm³/mol. The van der Waals surface area contributed by atoms with Crippen molar-refractivity contribution in [2.75, 3.05) is 13.2 Å². The van der Waals surface area contributed by atoms with E-state index in [-0.39, 0.29) is 12.5 Å². The topological polar surface area (TPSA) is 58.6 Å². The normalized spacial score (nSPS) is 39.1. The summed E-state index contributed by atoms with van der Waals surface area (Å²) in [4.78, 5) is 12.4. The Hall–Kier alpha value is -0.610. The number of aliphatic hydroxyl groups is 1. The number of aliphatic hydroxyl groups excluding tert-OH is 1. The van der Waals surface area contributed by atoms with Gasteiger partial charge in [0.25, 0.3) is 0 Å². The van der Waals surface area contributed by atoms with Crippen LogP contribution in [0.3, 0.4) is 0 Å². The van der Waals surface area contributed by atoms with E-state index in [1.807, 2.05) is 20.8 Å². The van der Waals surface area contributed by atoms with Gasteiger partial charge in [0.2, 0.25) is 5.91 Å². The van der Waals surface area contributed by atoms with E-state index < -0.39 is 16.6 Å². The number of amides is 1. The first-order valence-corrected chi connectivity index (χ1v) is 6.51. The second-order valence-corrected chi connectivity index (χ2v) is 5.93. The van der Waals surface area contributed by atoms with Crippen LogP contribution in [-0.2, 0) is 9.53 Å². The molecule has 2 atom stereocenters. The van der Waals surface area contributed by atoms with Crippen molar-refractivity contribution >= 4 is 5.91 Å². The van der Waals surface area contributed by atoms with Gasteiger partial charge in [0.15, 0.2) is 0 Å². The SMILES string of the molecule is CCNC(=O)C12CCCC(CO)(C1)OC2(C)C. The molecule has 0 aromatic carbocycles. The van der Waals surface area contributed by atoms with Crippen LogP contribution in [0.15, 0.2) is 0 Å². The summed E-state index contributed by atoms with van der Waals surface area (Å²) in [6.07, 6.45) is 3.30. The molecular formula is C13H23NO3. The lowest BCUT2D eigenvalue weighted by atomic mass is 9.63. The molecule has 2 rings (SSSR count). The lowest BCUT2D eigenvalue weighted by Crippen LogP contribution is -2.51. The Kier molecular flexibility index (Phi) is 2.99. The minimum atomic E-state index is -0.495. The Balaban J connectivity index is 2.35. The molecule has 2 unspecified atom stereocenters. The number of carbonyl (C=O) groups excluding carboxylic acids is 1. The maximum atomic E-state index is 12.4. The molecule has 2 aliphatic rings. The van der Waals surface area contributed by atoms with E-state index in [9.17, 15) is 9.90 Å². The van der Waals surface area contributed by atoms with Crippen molar-refractivity contribution in [1.29, 1.82) is 0 Å². The van der Waals surface area contributed by atoms with Crippen LogP contribution in [0.25, 0.3) is 0 Å². The quantitative estimate of drug-likeness (QED) is 0.781. The third-order valence-corrected chi connectivity index (χ3v) is 4.54. The summed E-state index contributed by atoms with van der Waals surface area (Å²) in [5.41, 5.74) is -1.46. The van der Waals surface area contributed by atoms with Gasteiger partial charge in [-0.2, -0.15) is 0 Å². The molecule has 0 spiro atoms. The smallest absolute Gasteiger partial charge is 0.229 e. The molecule has 0 radical (unpaired) electrons. The molecule has 0 aromatic rings. The fraction of sp³-hybridized carbons (Fsp3) is 0.923. The largest absolute Gasteiger partial charge is 0.393 e. The van der Waals surface area contributed by atoms with Crippen molar-refractivity contribution in [3.8, 4) is 0 Å². The highest BCUT2D eigenvalue weighted by Gasteiger charge is 2.65. The van der Waals surface area contributed by atoms with Gasteiger partial charge in [0, 0.05) is 6.54 Å². The highest BCUT2D eigenvalue weighted by atomic mass is 16.5. The van der Waals surface area contributed by atoms with Gasteiger partial charge in [-0.1, -0.05) is 0 Å². The molecule has 98 valence electrons. The van der Waals surface area contributed by atoms with Crippen LogP contribution < -0.4 is 5.32 Å². The Bertz CT molecular complexity index is 329. The number of hydrogen-bond donors (Lipinski definition) is 2. The van der Waals surface area contributed by atoms with Gasteiger partial charge in [-0.05, 0) is 46.5 Å². The van der Waals surface area contributed by atoms with Gasteiger partial charge < -0.3 is 15.2 Å². The second kappa shape index (κ2) is 3.95. The molecule has 1 heterocycles. The molecule has 1 saturated carbocycles.